The Morgan fingerprint density at radius 1 is 1.14 bits per heavy atom. The summed E-state index contributed by atoms with van der Waals surface area (Å²) in [6.07, 6.45) is 17.6. The molecule has 2 heterocycles. The molecular weight excluding hydrogens is 268 g/mol. The maximum atomic E-state index is 2.25. The fourth-order valence-electron chi connectivity index (χ4n) is 2.98. The molecule has 0 aliphatic carbocycles. The van der Waals surface area contributed by atoms with E-state index in [0.717, 1.165) is 0 Å². The first-order valence-corrected chi connectivity index (χ1v) is 7.92. The van der Waals surface area contributed by atoms with E-state index in [1.165, 1.54) is 17.0 Å². The Morgan fingerprint density at radius 2 is 1.82 bits per heavy atom. The van der Waals surface area contributed by atoms with Gasteiger partial charge in [-0.05, 0) is 32.9 Å². The molecule has 2 aliphatic rings. The molecule has 0 spiro atoms. The van der Waals surface area contributed by atoms with Crippen molar-refractivity contribution >= 4 is 5.71 Å². The molecule has 0 amide bonds. The predicted molar refractivity (Wildman–Crippen MR) is 95.8 cm³/mol. The molecule has 2 nitrogen and oxygen atoms in total. The maximum Gasteiger partial charge on any atom is 0.190 e. The van der Waals surface area contributed by atoms with Gasteiger partial charge in [0.1, 0.15) is 7.05 Å². The van der Waals surface area contributed by atoms with Gasteiger partial charge in [0.25, 0.3) is 0 Å². The molecule has 0 aromatic heterocycles. The van der Waals surface area contributed by atoms with Crippen LogP contribution in [0, 0.1) is 10.8 Å². The summed E-state index contributed by atoms with van der Waals surface area (Å²) < 4.78 is 2.19. The van der Waals surface area contributed by atoms with Gasteiger partial charge in [-0.15, -0.1) is 0 Å². The lowest BCUT2D eigenvalue weighted by Gasteiger charge is -2.22. The molecule has 0 fully saturated rings. The van der Waals surface area contributed by atoms with Crippen LogP contribution in [0.25, 0.3) is 0 Å². The van der Waals surface area contributed by atoms with Crippen molar-refractivity contribution in [2.45, 2.75) is 34.6 Å². The van der Waals surface area contributed by atoms with Crippen LogP contribution in [0.15, 0.2) is 60.1 Å². The Labute approximate surface area is 135 Å². The molecule has 0 atom stereocenters. The molecule has 0 saturated heterocycles. The van der Waals surface area contributed by atoms with Crippen molar-refractivity contribution in [3.8, 4) is 0 Å². The molecule has 0 radical (unpaired) electrons. The fraction of sp³-hybridized carbons (Fsp3) is 0.450. The van der Waals surface area contributed by atoms with E-state index in [1.54, 1.807) is 0 Å². The summed E-state index contributed by atoms with van der Waals surface area (Å²) in [7, 11) is 4.21. The van der Waals surface area contributed by atoms with Crippen LogP contribution < -0.4 is 0 Å². The SMILES string of the molecule is CC(C=CC1=[N+](C)C=CC1(C)C)=CC=C1N(C)C=CC1(C)C. The quantitative estimate of drug-likeness (QED) is 0.549. The molecule has 0 N–H and O–H groups in total. The molecule has 0 aromatic rings. The van der Waals surface area contributed by atoms with Crippen LogP contribution in [0.2, 0.25) is 0 Å². The Bertz CT molecular complexity index is 635. The third-order valence-corrected chi connectivity index (χ3v) is 4.52. The molecule has 118 valence electrons. The normalized spacial score (nSPS) is 25.3. The maximum absolute atomic E-state index is 2.25. The van der Waals surface area contributed by atoms with Crippen LogP contribution >= 0.6 is 0 Å². The van der Waals surface area contributed by atoms with E-state index >= 15 is 0 Å². The number of allylic oxidation sites excluding steroid dienone is 7. The molecule has 0 aromatic carbocycles. The summed E-state index contributed by atoms with van der Waals surface area (Å²) in [5, 5.41) is 0. The minimum Gasteiger partial charge on any atom is -0.354 e. The summed E-state index contributed by atoms with van der Waals surface area (Å²) in [4.78, 5) is 2.19. The van der Waals surface area contributed by atoms with Gasteiger partial charge in [-0.1, -0.05) is 37.6 Å². The van der Waals surface area contributed by atoms with Crippen molar-refractivity contribution < 1.29 is 4.58 Å². The predicted octanol–water partition coefficient (Wildman–Crippen LogP) is 4.49. The van der Waals surface area contributed by atoms with Gasteiger partial charge in [0.2, 0.25) is 0 Å². The summed E-state index contributed by atoms with van der Waals surface area (Å²) >= 11 is 0. The van der Waals surface area contributed by atoms with E-state index in [4.69, 9.17) is 0 Å². The highest BCUT2D eigenvalue weighted by Crippen LogP contribution is 2.35. The van der Waals surface area contributed by atoms with E-state index < -0.39 is 0 Å². The minimum atomic E-state index is 0.113. The van der Waals surface area contributed by atoms with E-state index in [0.29, 0.717) is 0 Å². The van der Waals surface area contributed by atoms with Crippen LogP contribution in [0.4, 0.5) is 0 Å². The zero-order valence-corrected chi connectivity index (χ0v) is 15.0. The van der Waals surface area contributed by atoms with Crippen LogP contribution in [0.5, 0.6) is 0 Å². The van der Waals surface area contributed by atoms with Crippen molar-refractivity contribution in [1.82, 2.24) is 4.90 Å². The first kappa shape index (κ1) is 16.5. The first-order chi connectivity index (χ1) is 10.1. The topological polar surface area (TPSA) is 6.25 Å². The van der Waals surface area contributed by atoms with Gasteiger partial charge in [0.15, 0.2) is 11.9 Å². The van der Waals surface area contributed by atoms with Crippen molar-refractivity contribution in [2.24, 2.45) is 10.8 Å². The second-order valence-corrected chi connectivity index (χ2v) is 7.48. The van der Waals surface area contributed by atoms with Gasteiger partial charge < -0.3 is 4.90 Å². The Hall–Kier alpha value is -1.83. The minimum absolute atomic E-state index is 0.113. The highest BCUT2D eigenvalue weighted by molar-refractivity contribution is 5.98. The summed E-state index contributed by atoms with van der Waals surface area (Å²) in [5.74, 6) is 0. The molecule has 2 aliphatic heterocycles. The number of rotatable bonds is 3. The van der Waals surface area contributed by atoms with Crippen molar-refractivity contribution in [1.29, 1.82) is 0 Å². The van der Waals surface area contributed by atoms with Crippen molar-refractivity contribution in [3.05, 3.63) is 60.1 Å². The third kappa shape index (κ3) is 3.32. The van der Waals surface area contributed by atoms with E-state index in [9.17, 15) is 0 Å². The molecule has 0 unspecified atom stereocenters. The van der Waals surface area contributed by atoms with Gasteiger partial charge in [0, 0.05) is 30.4 Å². The number of hydrogen-bond donors (Lipinski definition) is 0. The zero-order valence-electron chi connectivity index (χ0n) is 15.0. The van der Waals surface area contributed by atoms with Gasteiger partial charge in [-0.3, -0.25) is 0 Å². The monoisotopic (exact) mass is 297 g/mol. The lowest BCUT2D eigenvalue weighted by molar-refractivity contribution is -0.419. The molecule has 2 heteroatoms. The van der Waals surface area contributed by atoms with E-state index in [1.807, 2.05) is 0 Å². The van der Waals surface area contributed by atoms with Gasteiger partial charge in [-0.25, -0.2) is 4.58 Å². The van der Waals surface area contributed by atoms with Gasteiger partial charge in [-0.2, -0.15) is 0 Å². The molecular formula is C20H29N2+. The lowest BCUT2D eigenvalue weighted by atomic mass is 9.88. The number of nitrogens with zero attached hydrogens (tertiary/aromatic N) is 2. The first-order valence-electron chi connectivity index (χ1n) is 7.92. The summed E-state index contributed by atoms with van der Waals surface area (Å²) in [6.45, 7) is 11.1. The Morgan fingerprint density at radius 3 is 2.32 bits per heavy atom. The Balaban J connectivity index is 2.15. The second kappa shape index (κ2) is 5.75. The average Bonchev–Trinajstić information content (AvgIpc) is 2.82. The van der Waals surface area contributed by atoms with Crippen LogP contribution in [0.3, 0.4) is 0 Å². The number of hydrogen-bond acceptors (Lipinski definition) is 1. The van der Waals surface area contributed by atoms with Gasteiger partial charge >= 0.3 is 0 Å². The van der Waals surface area contributed by atoms with Crippen LogP contribution in [-0.4, -0.2) is 29.3 Å². The van der Waals surface area contributed by atoms with Crippen molar-refractivity contribution in [3.63, 3.8) is 0 Å². The second-order valence-electron chi connectivity index (χ2n) is 7.48. The smallest absolute Gasteiger partial charge is 0.190 e. The summed E-state index contributed by atoms with van der Waals surface area (Å²) in [6, 6.07) is 0. The lowest BCUT2D eigenvalue weighted by Crippen LogP contribution is -2.21. The zero-order chi connectivity index (χ0) is 16.5. The van der Waals surface area contributed by atoms with Crippen molar-refractivity contribution in [2.75, 3.05) is 14.1 Å². The molecule has 0 saturated carbocycles. The van der Waals surface area contributed by atoms with Crippen LogP contribution in [-0.2, 0) is 0 Å². The highest BCUT2D eigenvalue weighted by atomic mass is 15.1. The molecule has 22 heavy (non-hydrogen) atoms. The average molecular weight is 297 g/mol. The molecule has 2 rings (SSSR count). The summed E-state index contributed by atoms with van der Waals surface area (Å²) in [5.41, 5.74) is 4.14. The highest BCUT2D eigenvalue weighted by Gasteiger charge is 2.32. The van der Waals surface area contributed by atoms with Crippen LogP contribution in [0.1, 0.15) is 34.6 Å². The molecule has 0 bridgehead atoms. The Kier molecular flexibility index (Phi) is 4.32. The fourth-order valence-corrected chi connectivity index (χ4v) is 2.98. The third-order valence-electron chi connectivity index (χ3n) is 4.52. The van der Waals surface area contributed by atoms with E-state index in [-0.39, 0.29) is 10.8 Å². The van der Waals surface area contributed by atoms with E-state index in [2.05, 4.69) is 107 Å². The standard InChI is InChI=1S/C20H29N2/c1-16(8-10-17-19(2,3)12-14-21(17)6)9-11-18-20(4,5)13-15-22(18)7/h8-15H,1-7H3/q+1. The van der Waals surface area contributed by atoms with Gasteiger partial charge in [0.05, 0.1) is 5.41 Å². The largest absolute Gasteiger partial charge is 0.354 e.